The predicted octanol–water partition coefficient (Wildman–Crippen LogP) is 0.466. The van der Waals surface area contributed by atoms with Gasteiger partial charge in [0.2, 0.25) is 0 Å². The Morgan fingerprint density at radius 3 is 2.83 bits per heavy atom. The molecule has 0 aromatic rings. The van der Waals surface area contributed by atoms with Crippen molar-refractivity contribution in [3.63, 3.8) is 0 Å². The van der Waals surface area contributed by atoms with E-state index in [9.17, 15) is 5.11 Å². The number of rotatable bonds is 2. The molecule has 2 fully saturated rings. The molecule has 0 aromatic carbocycles. The van der Waals surface area contributed by atoms with Gasteiger partial charge in [-0.15, -0.1) is 6.42 Å². The zero-order chi connectivity index (χ0) is 8.60. The van der Waals surface area contributed by atoms with Crippen LogP contribution in [0.2, 0.25) is 0 Å². The number of terminal acetylenes is 1. The van der Waals surface area contributed by atoms with Gasteiger partial charge < -0.3 is 5.11 Å². The topological polar surface area (TPSA) is 23.5 Å². The molecule has 0 bridgehead atoms. The Bertz CT molecular complexity index is 216. The lowest BCUT2D eigenvalue weighted by Gasteiger charge is -2.17. The first-order valence-electron chi connectivity index (χ1n) is 4.64. The Hall–Kier alpha value is -0.520. The highest BCUT2D eigenvalue weighted by Gasteiger charge is 2.36. The quantitative estimate of drug-likeness (QED) is 0.601. The molecule has 2 heteroatoms. The van der Waals surface area contributed by atoms with Crippen molar-refractivity contribution in [1.29, 1.82) is 0 Å². The van der Waals surface area contributed by atoms with Gasteiger partial charge in [-0.2, -0.15) is 0 Å². The van der Waals surface area contributed by atoms with Crippen LogP contribution in [0.25, 0.3) is 0 Å². The summed E-state index contributed by atoms with van der Waals surface area (Å²) in [4.78, 5) is 2.29. The fourth-order valence-electron chi connectivity index (χ4n) is 1.81. The van der Waals surface area contributed by atoms with Gasteiger partial charge in [0.25, 0.3) is 0 Å². The van der Waals surface area contributed by atoms with Crippen molar-refractivity contribution in [2.24, 2.45) is 5.92 Å². The second-order valence-corrected chi connectivity index (χ2v) is 4.10. The molecule has 0 radical (unpaired) electrons. The highest BCUT2D eigenvalue weighted by molar-refractivity contribution is 5.12. The summed E-state index contributed by atoms with van der Waals surface area (Å²) in [6.07, 6.45) is 8.73. The standard InChI is InChI=1S/C10H15NO/c1-2-10(12)5-6-11(8-10)7-9-3-4-9/h1,9,12H,3-8H2. The summed E-state index contributed by atoms with van der Waals surface area (Å²) >= 11 is 0. The lowest BCUT2D eigenvalue weighted by Crippen LogP contribution is -2.32. The predicted molar refractivity (Wildman–Crippen MR) is 47.6 cm³/mol. The lowest BCUT2D eigenvalue weighted by atomic mass is 10.1. The average Bonchev–Trinajstić information content (AvgIpc) is 2.77. The Labute approximate surface area is 73.6 Å². The van der Waals surface area contributed by atoms with E-state index >= 15 is 0 Å². The summed E-state index contributed by atoms with van der Waals surface area (Å²) in [5.74, 6) is 3.37. The fourth-order valence-corrected chi connectivity index (χ4v) is 1.81. The Morgan fingerprint density at radius 2 is 2.33 bits per heavy atom. The number of nitrogens with zero attached hydrogens (tertiary/aromatic N) is 1. The molecule has 1 saturated heterocycles. The second-order valence-electron chi connectivity index (χ2n) is 4.10. The molecule has 2 rings (SSSR count). The van der Waals surface area contributed by atoms with E-state index in [1.807, 2.05) is 0 Å². The van der Waals surface area contributed by atoms with Crippen molar-refractivity contribution in [2.75, 3.05) is 19.6 Å². The van der Waals surface area contributed by atoms with Gasteiger partial charge in [0, 0.05) is 26.1 Å². The molecule has 0 amide bonds. The Balaban J connectivity index is 1.85. The summed E-state index contributed by atoms with van der Waals surface area (Å²) in [7, 11) is 0. The van der Waals surface area contributed by atoms with E-state index in [1.54, 1.807) is 0 Å². The molecular formula is C10H15NO. The van der Waals surface area contributed by atoms with Gasteiger partial charge in [-0.05, 0) is 18.8 Å². The van der Waals surface area contributed by atoms with Gasteiger partial charge in [0.05, 0.1) is 0 Å². The largest absolute Gasteiger partial charge is 0.376 e. The SMILES string of the molecule is C#CC1(O)CCN(CC2CC2)C1. The molecule has 1 N–H and O–H groups in total. The first-order valence-corrected chi connectivity index (χ1v) is 4.64. The van der Waals surface area contributed by atoms with Gasteiger partial charge in [-0.1, -0.05) is 5.92 Å². The highest BCUT2D eigenvalue weighted by atomic mass is 16.3. The maximum Gasteiger partial charge on any atom is 0.139 e. The molecule has 1 atom stereocenters. The van der Waals surface area contributed by atoms with E-state index in [-0.39, 0.29) is 0 Å². The molecule has 66 valence electrons. The summed E-state index contributed by atoms with van der Waals surface area (Å²) < 4.78 is 0. The summed E-state index contributed by atoms with van der Waals surface area (Å²) in [5.41, 5.74) is -0.825. The molecule has 1 unspecified atom stereocenters. The third-order valence-electron chi connectivity index (χ3n) is 2.81. The number of hydrogen-bond donors (Lipinski definition) is 1. The molecule has 0 spiro atoms. The van der Waals surface area contributed by atoms with Crippen molar-refractivity contribution in [2.45, 2.75) is 24.9 Å². The summed E-state index contributed by atoms with van der Waals surface area (Å²) in [6, 6.07) is 0. The molecule has 1 heterocycles. The number of aliphatic hydroxyl groups is 1. The number of hydrogen-bond acceptors (Lipinski definition) is 2. The number of β-amino-alcohol motifs (C(OH)–C–C–N with tert-alkyl or cyclic N) is 1. The van der Waals surface area contributed by atoms with Crippen LogP contribution in [0, 0.1) is 18.3 Å². The zero-order valence-corrected chi connectivity index (χ0v) is 7.29. The van der Waals surface area contributed by atoms with Crippen molar-refractivity contribution >= 4 is 0 Å². The van der Waals surface area contributed by atoms with Crippen molar-refractivity contribution in [3.05, 3.63) is 0 Å². The number of likely N-dealkylation sites (tertiary alicyclic amines) is 1. The molecule has 2 aliphatic rings. The van der Waals surface area contributed by atoms with E-state index in [0.29, 0.717) is 6.54 Å². The summed E-state index contributed by atoms with van der Waals surface area (Å²) in [6.45, 7) is 2.79. The van der Waals surface area contributed by atoms with Crippen LogP contribution in [0.4, 0.5) is 0 Å². The Morgan fingerprint density at radius 1 is 1.58 bits per heavy atom. The van der Waals surface area contributed by atoms with E-state index in [4.69, 9.17) is 6.42 Å². The zero-order valence-electron chi connectivity index (χ0n) is 7.29. The lowest BCUT2D eigenvalue weighted by molar-refractivity contribution is 0.108. The minimum absolute atomic E-state index is 0.681. The maximum atomic E-state index is 9.73. The molecule has 1 saturated carbocycles. The van der Waals surface area contributed by atoms with Crippen LogP contribution in [-0.2, 0) is 0 Å². The molecular weight excluding hydrogens is 150 g/mol. The molecule has 2 nitrogen and oxygen atoms in total. The van der Waals surface area contributed by atoms with Gasteiger partial charge >= 0.3 is 0 Å². The highest BCUT2D eigenvalue weighted by Crippen LogP contribution is 2.32. The van der Waals surface area contributed by atoms with Crippen LogP contribution in [0.3, 0.4) is 0 Å². The van der Waals surface area contributed by atoms with E-state index in [1.165, 1.54) is 12.8 Å². The minimum Gasteiger partial charge on any atom is -0.376 e. The van der Waals surface area contributed by atoms with Crippen LogP contribution in [0.5, 0.6) is 0 Å². The van der Waals surface area contributed by atoms with Gasteiger partial charge in [-0.3, -0.25) is 4.90 Å². The minimum atomic E-state index is -0.825. The van der Waals surface area contributed by atoms with Gasteiger partial charge in [0.15, 0.2) is 0 Å². The van der Waals surface area contributed by atoms with Crippen LogP contribution >= 0.6 is 0 Å². The second kappa shape index (κ2) is 2.76. The first kappa shape index (κ1) is 8.10. The third-order valence-corrected chi connectivity index (χ3v) is 2.81. The van der Waals surface area contributed by atoms with Crippen LogP contribution in [-0.4, -0.2) is 35.2 Å². The van der Waals surface area contributed by atoms with Gasteiger partial charge in [-0.25, -0.2) is 0 Å². The van der Waals surface area contributed by atoms with Crippen molar-refractivity contribution < 1.29 is 5.11 Å². The van der Waals surface area contributed by atoms with E-state index < -0.39 is 5.60 Å². The molecule has 0 aromatic heterocycles. The molecule has 1 aliphatic heterocycles. The molecule has 1 aliphatic carbocycles. The normalized spacial score (nSPS) is 36.7. The van der Waals surface area contributed by atoms with E-state index in [0.717, 1.165) is 25.4 Å². The summed E-state index contributed by atoms with van der Waals surface area (Å²) in [5, 5.41) is 9.73. The van der Waals surface area contributed by atoms with Crippen LogP contribution in [0.15, 0.2) is 0 Å². The molecule has 12 heavy (non-hydrogen) atoms. The first-order chi connectivity index (χ1) is 5.72. The smallest absolute Gasteiger partial charge is 0.139 e. The van der Waals surface area contributed by atoms with Crippen LogP contribution < -0.4 is 0 Å². The third kappa shape index (κ3) is 1.63. The monoisotopic (exact) mass is 165 g/mol. The van der Waals surface area contributed by atoms with Crippen molar-refractivity contribution in [1.82, 2.24) is 4.90 Å². The van der Waals surface area contributed by atoms with Crippen molar-refractivity contribution in [3.8, 4) is 12.3 Å². The Kier molecular flexibility index (Phi) is 1.86. The van der Waals surface area contributed by atoms with Crippen LogP contribution in [0.1, 0.15) is 19.3 Å². The van der Waals surface area contributed by atoms with E-state index in [2.05, 4.69) is 10.8 Å². The maximum absolute atomic E-state index is 9.73. The van der Waals surface area contributed by atoms with Gasteiger partial charge in [0.1, 0.15) is 5.60 Å². The fraction of sp³-hybridized carbons (Fsp3) is 0.800. The average molecular weight is 165 g/mol.